The minimum atomic E-state index is -1.10. The van der Waals surface area contributed by atoms with E-state index in [4.69, 9.17) is 4.74 Å². The summed E-state index contributed by atoms with van der Waals surface area (Å²) < 4.78 is 20.5. The molecule has 1 amide bonds. The van der Waals surface area contributed by atoms with Crippen LogP contribution in [-0.2, 0) is 20.7 Å². The molecule has 31 heavy (non-hydrogen) atoms. The lowest BCUT2D eigenvalue weighted by atomic mass is 10.2. The summed E-state index contributed by atoms with van der Waals surface area (Å²) in [5.41, 5.74) is 0.503. The predicted molar refractivity (Wildman–Crippen MR) is 113 cm³/mol. The molecule has 1 saturated carbocycles. The van der Waals surface area contributed by atoms with Gasteiger partial charge in [0, 0.05) is 12.5 Å². The molecule has 1 heterocycles. The molecule has 1 aromatic heterocycles. The highest BCUT2D eigenvalue weighted by Gasteiger charge is 2.28. The summed E-state index contributed by atoms with van der Waals surface area (Å²) in [7, 11) is 0. The number of aryl methyl sites for hydroxylation is 1. The molecule has 0 spiro atoms. The summed E-state index contributed by atoms with van der Waals surface area (Å²) in [6, 6.07) is 13.0. The third-order valence-corrected chi connectivity index (χ3v) is 5.15. The minimum absolute atomic E-state index is 0.0178. The van der Waals surface area contributed by atoms with Crippen LogP contribution in [0.25, 0.3) is 10.9 Å². The average Bonchev–Trinajstić information content (AvgIpc) is 3.59. The normalized spacial score (nSPS) is 14.3. The van der Waals surface area contributed by atoms with E-state index in [0.717, 1.165) is 12.8 Å². The van der Waals surface area contributed by atoms with Crippen LogP contribution in [0.3, 0.4) is 0 Å². The Morgan fingerprint density at radius 3 is 2.65 bits per heavy atom. The van der Waals surface area contributed by atoms with Gasteiger partial charge in [0.2, 0.25) is 0 Å². The molecule has 160 valence electrons. The number of hydrogen-bond acceptors (Lipinski definition) is 5. The number of carbonyl (C=O) groups excluding carboxylic acids is 2. The third kappa shape index (κ3) is 4.63. The van der Waals surface area contributed by atoms with E-state index in [-0.39, 0.29) is 30.1 Å². The van der Waals surface area contributed by atoms with Crippen LogP contribution >= 0.6 is 0 Å². The summed E-state index contributed by atoms with van der Waals surface area (Å²) >= 11 is 0. The first kappa shape index (κ1) is 20.7. The van der Waals surface area contributed by atoms with Crippen LogP contribution in [-0.4, -0.2) is 27.5 Å². The number of nitrogens with one attached hydrogen (secondary N) is 1. The van der Waals surface area contributed by atoms with Crippen molar-refractivity contribution in [2.75, 3.05) is 5.32 Å². The highest BCUT2D eigenvalue weighted by atomic mass is 19.1. The molecular weight excluding hydrogens is 401 g/mol. The molecule has 0 radical (unpaired) electrons. The van der Waals surface area contributed by atoms with Gasteiger partial charge in [0.05, 0.1) is 23.0 Å². The van der Waals surface area contributed by atoms with Gasteiger partial charge in [0.1, 0.15) is 11.6 Å². The first-order valence-corrected chi connectivity index (χ1v) is 10.2. The fourth-order valence-corrected chi connectivity index (χ4v) is 3.40. The number of para-hydroxylation sites is 2. The van der Waals surface area contributed by atoms with Crippen molar-refractivity contribution in [2.24, 2.45) is 0 Å². The molecule has 2 aromatic carbocycles. The van der Waals surface area contributed by atoms with Crippen LogP contribution in [0, 0.1) is 5.82 Å². The Hall–Kier alpha value is -3.55. The zero-order valence-electron chi connectivity index (χ0n) is 17.0. The van der Waals surface area contributed by atoms with Crippen molar-refractivity contribution in [2.45, 2.75) is 44.8 Å². The second-order valence-electron chi connectivity index (χ2n) is 7.55. The van der Waals surface area contributed by atoms with E-state index in [1.165, 1.54) is 25.1 Å². The number of benzene rings is 2. The zero-order valence-corrected chi connectivity index (χ0v) is 17.0. The summed E-state index contributed by atoms with van der Waals surface area (Å²) in [5, 5.41) is 2.95. The first-order chi connectivity index (χ1) is 14.9. The molecule has 1 atom stereocenters. The molecule has 1 N–H and O–H groups in total. The Labute approximate surface area is 177 Å². The average molecular weight is 423 g/mol. The topological polar surface area (TPSA) is 90.3 Å². The maximum absolute atomic E-state index is 13.7. The molecule has 0 bridgehead atoms. The first-order valence-electron chi connectivity index (χ1n) is 10.2. The van der Waals surface area contributed by atoms with Gasteiger partial charge < -0.3 is 10.1 Å². The quantitative estimate of drug-likeness (QED) is 0.589. The number of anilines is 1. The molecule has 1 unspecified atom stereocenters. The van der Waals surface area contributed by atoms with Gasteiger partial charge in [0.15, 0.2) is 6.10 Å². The van der Waals surface area contributed by atoms with E-state index >= 15 is 0 Å². The molecule has 4 rings (SSSR count). The van der Waals surface area contributed by atoms with E-state index in [9.17, 15) is 18.8 Å². The Balaban J connectivity index is 1.41. The van der Waals surface area contributed by atoms with E-state index < -0.39 is 23.8 Å². The van der Waals surface area contributed by atoms with Crippen LogP contribution < -0.4 is 10.9 Å². The fraction of sp³-hybridized carbons (Fsp3) is 0.304. The van der Waals surface area contributed by atoms with Gasteiger partial charge in [-0.25, -0.2) is 9.37 Å². The lowest BCUT2D eigenvalue weighted by Gasteiger charge is -2.15. The van der Waals surface area contributed by atoms with E-state index in [0.29, 0.717) is 16.7 Å². The molecule has 1 aliphatic carbocycles. The Morgan fingerprint density at radius 2 is 1.90 bits per heavy atom. The number of ether oxygens (including phenoxy) is 1. The lowest BCUT2D eigenvalue weighted by molar-refractivity contribution is -0.153. The maximum atomic E-state index is 13.7. The van der Waals surface area contributed by atoms with Crippen LogP contribution in [0.2, 0.25) is 0 Å². The second kappa shape index (κ2) is 8.67. The Bertz CT molecular complexity index is 1200. The number of rotatable bonds is 7. The molecule has 7 nitrogen and oxygen atoms in total. The van der Waals surface area contributed by atoms with Gasteiger partial charge in [-0.2, -0.15) is 0 Å². The SMILES string of the molecule is CC(OC(=O)CCc1nc2ccccc2c(=O)n1C1CC1)C(=O)Nc1ccccc1F. The van der Waals surface area contributed by atoms with Crippen molar-refractivity contribution in [1.29, 1.82) is 0 Å². The van der Waals surface area contributed by atoms with Crippen molar-refractivity contribution in [1.82, 2.24) is 9.55 Å². The maximum Gasteiger partial charge on any atom is 0.307 e. The number of nitrogens with zero attached hydrogens (tertiary/aromatic N) is 2. The van der Waals surface area contributed by atoms with Crippen LogP contribution in [0.5, 0.6) is 0 Å². The van der Waals surface area contributed by atoms with Crippen molar-refractivity contribution in [3.05, 3.63) is 70.5 Å². The van der Waals surface area contributed by atoms with Gasteiger partial charge in [-0.1, -0.05) is 24.3 Å². The molecule has 0 aliphatic heterocycles. The van der Waals surface area contributed by atoms with Gasteiger partial charge in [-0.05, 0) is 44.0 Å². The van der Waals surface area contributed by atoms with Crippen LogP contribution in [0.15, 0.2) is 53.3 Å². The summed E-state index contributed by atoms with van der Waals surface area (Å²) in [6.07, 6.45) is 0.906. The Kier molecular flexibility index (Phi) is 5.79. The monoisotopic (exact) mass is 423 g/mol. The summed E-state index contributed by atoms with van der Waals surface area (Å²) in [5.74, 6) is -1.26. The van der Waals surface area contributed by atoms with Crippen molar-refractivity contribution in [3.63, 3.8) is 0 Å². The van der Waals surface area contributed by atoms with Gasteiger partial charge in [0.25, 0.3) is 11.5 Å². The number of aromatic nitrogens is 2. The number of carbonyl (C=O) groups is 2. The second-order valence-corrected chi connectivity index (χ2v) is 7.55. The third-order valence-electron chi connectivity index (χ3n) is 5.15. The number of halogens is 1. The van der Waals surface area contributed by atoms with Crippen LogP contribution in [0.4, 0.5) is 10.1 Å². The fourth-order valence-electron chi connectivity index (χ4n) is 3.40. The van der Waals surface area contributed by atoms with Crippen LogP contribution in [0.1, 0.15) is 38.1 Å². The van der Waals surface area contributed by atoms with E-state index in [1.807, 2.05) is 6.07 Å². The number of amides is 1. The molecule has 8 heteroatoms. The molecule has 0 saturated heterocycles. The standard InChI is InChI=1S/C23H22FN3O4/c1-14(22(29)26-19-9-5-3-7-17(19)24)31-21(28)13-12-20-25-18-8-4-2-6-16(18)23(30)27(20)15-10-11-15/h2-9,14-15H,10-13H2,1H3,(H,26,29). The van der Waals surface area contributed by atoms with E-state index in [1.54, 1.807) is 28.8 Å². The summed E-state index contributed by atoms with van der Waals surface area (Å²) in [6.45, 7) is 1.42. The van der Waals surface area contributed by atoms with Gasteiger partial charge in [-0.15, -0.1) is 0 Å². The van der Waals surface area contributed by atoms with Crippen molar-refractivity contribution < 1.29 is 18.7 Å². The van der Waals surface area contributed by atoms with Crippen molar-refractivity contribution in [3.8, 4) is 0 Å². The molecular formula is C23H22FN3O4. The number of fused-ring (bicyclic) bond motifs is 1. The molecule has 1 fully saturated rings. The molecule has 3 aromatic rings. The Morgan fingerprint density at radius 1 is 1.19 bits per heavy atom. The summed E-state index contributed by atoms with van der Waals surface area (Å²) in [4.78, 5) is 42.0. The predicted octanol–water partition coefficient (Wildman–Crippen LogP) is 3.37. The molecule has 1 aliphatic rings. The van der Waals surface area contributed by atoms with Crippen molar-refractivity contribution >= 4 is 28.5 Å². The van der Waals surface area contributed by atoms with Gasteiger partial charge in [-0.3, -0.25) is 19.0 Å². The smallest absolute Gasteiger partial charge is 0.307 e. The minimum Gasteiger partial charge on any atom is -0.453 e. The largest absolute Gasteiger partial charge is 0.453 e. The zero-order chi connectivity index (χ0) is 22.0. The highest BCUT2D eigenvalue weighted by Crippen LogP contribution is 2.34. The lowest BCUT2D eigenvalue weighted by Crippen LogP contribution is -2.30. The van der Waals surface area contributed by atoms with Gasteiger partial charge >= 0.3 is 5.97 Å². The van der Waals surface area contributed by atoms with E-state index in [2.05, 4.69) is 10.3 Å². The highest BCUT2D eigenvalue weighted by molar-refractivity contribution is 5.95. The number of hydrogen-bond donors (Lipinski definition) is 1. The number of esters is 1.